The van der Waals surface area contributed by atoms with Crippen molar-refractivity contribution in [1.82, 2.24) is 9.97 Å². The van der Waals surface area contributed by atoms with Gasteiger partial charge < -0.3 is 0 Å². The molecule has 0 N–H and O–H groups in total. The van der Waals surface area contributed by atoms with E-state index in [1.54, 1.807) is 6.33 Å². The fraction of sp³-hybridized carbons (Fsp3) is 0.778. The predicted molar refractivity (Wildman–Crippen MR) is 87.0 cm³/mol. The first-order valence-electron chi connectivity index (χ1n) is 8.66. The van der Waals surface area contributed by atoms with Crippen molar-refractivity contribution >= 4 is 0 Å². The molecular weight excluding hydrogens is 244 g/mol. The second-order valence-electron chi connectivity index (χ2n) is 5.83. The maximum absolute atomic E-state index is 4.40. The maximum Gasteiger partial charge on any atom is 0.115 e. The Morgan fingerprint density at radius 3 is 1.55 bits per heavy atom. The number of aromatic nitrogens is 2. The van der Waals surface area contributed by atoms with E-state index in [-0.39, 0.29) is 0 Å². The van der Waals surface area contributed by atoms with Crippen molar-refractivity contribution in [2.24, 2.45) is 0 Å². The summed E-state index contributed by atoms with van der Waals surface area (Å²) in [4.78, 5) is 8.81. The minimum atomic E-state index is 1.12. The van der Waals surface area contributed by atoms with Crippen LogP contribution in [-0.2, 0) is 12.8 Å². The average molecular weight is 276 g/mol. The molecule has 0 bridgehead atoms. The molecule has 2 nitrogen and oxygen atoms in total. The lowest BCUT2D eigenvalue weighted by Crippen LogP contribution is -1.97. The van der Waals surface area contributed by atoms with Crippen LogP contribution >= 0.6 is 0 Å². The Hall–Kier alpha value is -0.920. The zero-order valence-electron chi connectivity index (χ0n) is 13.5. The zero-order valence-corrected chi connectivity index (χ0v) is 13.5. The molecule has 0 aromatic carbocycles. The maximum atomic E-state index is 4.40. The van der Waals surface area contributed by atoms with Gasteiger partial charge in [-0.2, -0.15) is 0 Å². The minimum Gasteiger partial charge on any atom is -0.241 e. The summed E-state index contributed by atoms with van der Waals surface area (Å²) in [6.45, 7) is 4.52. The summed E-state index contributed by atoms with van der Waals surface area (Å²) in [5.74, 6) is 0. The lowest BCUT2D eigenvalue weighted by atomic mass is 10.1. The van der Waals surface area contributed by atoms with Crippen LogP contribution in [0.25, 0.3) is 0 Å². The molecule has 1 aromatic heterocycles. The molecule has 0 amide bonds. The fourth-order valence-electron chi connectivity index (χ4n) is 2.54. The third kappa shape index (κ3) is 8.29. The van der Waals surface area contributed by atoms with Gasteiger partial charge in [-0.1, -0.05) is 65.2 Å². The SMILES string of the molecule is CCCCCCCc1cc(CCCCCCC)ncn1. The van der Waals surface area contributed by atoms with Crippen molar-refractivity contribution in [3.05, 3.63) is 23.8 Å². The van der Waals surface area contributed by atoms with Gasteiger partial charge in [0.25, 0.3) is 0 Å². The van der Waals surface area contributed by atoms with Gasteiger partial charge in [-0.15, -0.1) is 0 Å². The van der Waals surface area contributed by atoms with Crippen molar-refractivity contribution in [3.8, 4) is 0 Å². The van der Waals surface area contributed by atoms with E-state index in [0.29, 0.717) is 0 Å². The summed E-state index contributed by atoms with van der Waals surface area (Å²) in [5, 5.41) is 0. The molecule has 0 radical (unpaired) electrons. The smallest absolute Gasteiger partial charge is 0.115 e. The van der Waals surface area contributed by atoms with Crippen LogP contribution in [-0.4, -0.2) is 9.97 Å². The quantitative estimate of drug-likeness (QED) is 0.471. The molecule has 0 saturated carbocycles. The van der Waals surface area contributed by atoms with Crippen molar-refractivity contribution < 1.29 is 0 Å². The highest BCUT2D eigenvalue weighted by atomic mass is 14.8. The molecule has 1 aromatic rings. The third-order valence-electron chi connectivity index (χ3n) is 3.85. The van der Waals surface area contributed by atoms with Gasteiger partial charge in [-0.05, 0) is 31.7 Å². The molecule has 1 rings (SSSR count). The lowest BCUT2D eigenvalue weighted by molar-refractivity contribution is 0.621. The van der Waals surface area contributed by atoms with E-state index in [1.165, 1.54) is 75.6 Å². The van der Waals surface area contributed by atoms with Crippen LogP contribution in [0.3, 0.4) is 0 Å². The van der Waals surface area contributed by atoms with Gasteiger partial charge in [-0.3, -0.25) is 0 Å². The molecule has 0 saturated heterocycles. The van der Waals surface area contributed by atoms with Gasteiger partial charge in [0.2, 0.25) is 0 Å². The Kier molecular flexibility index (Phi) is 10.2. The van der Waals surface area contributed by atoms with Crippen molar-refractivity contribution in [1.29, 1.82) is 0 Å². The highest BCUT2D eigenvalue weighted by Gasteiger charge is 2.00. The Morgan fingerprint density at radius 2 is 1.10 bits per heavy atom. The number of hydrogen-bond donors (Lipinski definition) is 0. The summed E-state index contributed by atoms with van der Waals surface area (Å²) in [5.41, 5.74) is 2.47. The van der Waals surface area contributed by atoms with E-state index < -0.39 is 0 Å². The van der Waals surface area contributed by atoms with Crippen molar-refractivity contribution in [2.75, 3.05) is 0 Å². The summed E-state index contributed by atoms with van der Waals surface area (Å²) >= 11 is 0. The zero-order chi connectivity index (χ0) is 14.5. The summed E-state index contributed by atoms with van der Waals surface area (Å²) in [6.07, 6.45) is 17.3. The Morgan fingerprint density at radius 1 is 0.650 bits per heavy atom. The van der Waals surface area contributed by atoms with Crippen LogP contribution in [0.1, 0.15) is 89.4 Å². The van der Waals surface area contributed by atoms with Crippen molar-refractivity contribution in [2.45, 2.75) is 90.9 Å². The minimum absolute atomic E-state index is 1.12. The third-order valence-corrected chi connectivity index (χ3v) is 3.85. The molecule has 114 valence electrons. The highest BCUT2D eigenvalue weighted by molar-refractivity contribution is 5.08. The second kappa shape index (κ2) is 11.9. The van der Waals surface area contributed by atoms with Gasteiger partial charge in [-0.25, -0.2) is 9.97 Å². The van der Waals surface area contributed by atoms with E-state index in [4.69, 9.17) is 0 Å². The van der Waals surface area contributed by atoms with Crippen LogP contribution in [0.5, 0.6) is 0 Å². The second-order valence-corrected chi connectivity index (χ2v) is 5.83. The summed E-state index contributed by atoms with van der Waals surface area (Å²) in [7, 11) is 0. The Labute approximate surface area is 125 Å². The van der Waals surface area contributed by atoms with Crippen LogP contribution in [0.15, 0.2) is 12.4 Å². The van der Waals surface area contributed by atoms with Crippen molar-refractivity contribution in [3.63, 3.8) is 0 Å². The monoisotopic (exact) mass is 276 g/mol. The molecule has 0 aliphatic carbocycles. The molecule has 0 aliphatic rings. The number of aryl methyl sites for hydroxylation is 2. The summed E-state index contributed by atoms with van der Waals surface area (Å²) in [6, 6.07) is 2.22. The van der Waals surface area contributed by atoms with Crippen LogP contribution in [0, 0.1) is 0 Å². The number of hydrogen-bond acceptors (Lipinski definition) is 2. The number of nitrogens with zero attached hydrogens (tertiary/aromatic N) is 2. The molecule has 0 unspecified atom stereocenters. The molecule has 20 heavy (non-hydrogen) atoms. The van der Waals surface area contributed by atoms with E-state index >= 15 is 0 Å². The highest BCUT2D eigenvalue weighted by Crippen LogP contribution is 2.10. The number of unbranched alkanes of at least 4 members (excludes halogenated alkanes) is 8. The van der Waals surface area contributed by atoms with E-state index in [2.05, 4.69) is 29.9 Å². The van der Waals surface area contributed by atoms with Gasteiger partial charge in [0, 0.05) is 11.4 Å². The molecule has 2 heteroatoms. The Balaban J connectivity index is 2.19. The first-order chi connectivity index (χ1) is 9.86. The van der Waals surface area contributed by atoms with Crippen LogP contribution in [0.4, 0.5) is 0 Å². The molecule has 0 spiro atoms. The van der Waals surface area contributed by atoms with Gasteiger partial charge in [0.15, 0.2) is 0 Å². The van der Waals surface area contributed by atoms with E-state index in [1.807, 2.05) is 0 Å². The molecule has 0 fully saturated rings. The topological polar surface area (TPSA) is 25.8 Å². The molecule has 1 heterocycles. The standard InChI is InChI=1S/C18H32N2/c1-3-5-7-9-11-13-17-15-18(20-16-19-17)14-12-10-8-6-4-2/h15-16H,3-14H2,1-2H3. The first-order valence-corrected chi connectivity index (χ1v) is 8.66. The lowest BCUT2D eigenvalue weighted by Gasteiger charge is -2.04. The normalized spacial score (nSPS) is 10.9. The van der Waals surface area contributed by atoms with Gasteiger partial charge in [0.05, 0.1) is 0 Å². The van der Waals surface area contributed by atoms with Gasteiger partial charge in [0.1, 0.15) is 6.33 Å². The Bertz CT molecular complexity index is 307. The largest absolute Gasteiger partial charge is 0.241 e. The predicted octanol–water partition coefficient (Wildman–Crippen LogP) is 5.50. The molecule has 0 atom stereocenters. The molecular formula is C18H32N2. The average Bonchev–Trinajstić information content (AvgIpc) is 2.47. The van der Waals surface area contributed by atoms with Crippen LogP contribution < -0.4 is 0 Å². The summed E-state index contributed by atoms with van der Waals surface area (Å²) < 4.78 is 0. The number of rotatable bonds is 12. The van der Waals surface area contributed by atoms with E-state index in [9.17, 15) is 0 Å². The first kappa shape index (κ1) is 17.1. The fourth-order valence-corrected chi connectivity index (χ4v) is 2.54. The van der Waals surface area contributed by atoms with Crippen LogP contribution in [0.2, 0.25) is 0 Å². The van der Waals surface area contributed by atoms with Gasteiger partial charge >= 0.3 is 0 Å². The molecule has 0 aliphatic heterocycles. The van der Waals surface area contributed by atoms with E-state index in [0.717, 1.165) is 12.8 Å².